The number of halogens is 5. The zero-order valence-corrected chi connectivity index (χ0v) is 19.7. The summed E-state index contributed by atoms with van der Waals surface area (Å²) in [7, 11) is -4.35. The van der Waals surface area contributed by atoms with Gasteiger partial charge in [0.2, 0.25) is 0 Å². The molecule has 6 nitrogen and oxygen atoms in total. The van der Waals surface area contributed by atoms with Gasteiger partial charge in [0.05, 0.1) is 38.1 Å². The van der Waals surface area contributed by atoms with Gasteiger partial charge in [0.1, 0.15) is 10.6 Å². The molecule has 0 aliphatic carbocycles. The van der Waals surface area contributed by atoms with Gasteiger partial charge in [0.15, 0.2) is 0 Å². The molecule has 0 aliphatic rings. The van der Waals surface area contributed by atoms with Crippen molar-refractivity contribution in [3.63, 3.8) is 0 Å². The van der Waals surface area contributed by atoms with Gasteiger partial charge in [-0.15, -0.1) is 0 Å². The van der Waals surface area contributed by atoms with E-state index in [-0.39, 0.29) is 21.7 Å². The molecule has 0 radical (unpaired) electrons. The number of thiazole rings is 1. The number of nitrogens with zero attached hydrogens (tertiary/aromatic N) is 2. The highest BCUT2D eigenvalue weighted by Crippen LogP contribution is 2.36. The van der Waals surface area contributed by atoms with Crippen molar-refractivity contribution in [1.29, 1.82) is 5.26 Å². The first-order valence-corrected chi connectivity index (χ1v) is 12.2. The van der Waals surface area contributed by atoms with Gasteiger partial charge in [-0.3, -0.25) is 4.72 Å². The van der Waals surface area contributed by atoms with Crippen LogP contribution in [0.4, 0.5) is 18.9 Å². The van der Waals surface area contributed by atoms with Crippen LogP contribution < -0.4 is 9.46 Å². The monoisotopic (exact) mass is 543 g/mol. The van der Waals surface area contributed by atoms with Gasteiger partial charge in [0, 0.05) is 11.1 Å². The van der Waals surface area contributed by atoms with Crippen LogP contribution in [0, 0.1) is 11.3 Å². The lowest BCUT2D eigenvalue weighted by Crippen LogP contribution is -2.14. The first kappa shape index (κ1) is 24.1. The van der Waals surface area contributed by atoms with Crippen molar-refractivity contribution in [2.45, 2.75) is 11.1 Å². The minimum atomic E-state index is -4.67. The quantitative estimate of drug-likeness (QED) is 0.290. The molecule has 0 saturated heterocycles. The summed E-state index contributed by atoms with van der Waals surface area (Å²) in [6.07, 6.45) is -4.67. The van der Waals surface area contributed by atoms with Crippen molar-refractivity contribution in [2.24, 2.45) is 0 Å². The molecule has 1 heterocycles. The van der Waals surface area contributed by atoms with Crippen LogP contribution in [0.2, 0.25) is 10.0 Å². The normalized spacial score (nSPS) is 11.9. The molecule has 0 bridgehead atoms. The van der Waals surface area contributed by atoms with Crippen LogP contribution in [-0.4, -0.2) is 13.4 Å². The Hall–Kier alpha value is -3.04. The molecule has 0 aliphatic heterocycles. The van der Waals surface area contributed by atoms with Crippen molar-refractivity contribution >= 4 is 60.5 Å². The van der Waals surface area contributed by atoms with E-state index in [1.807, 2.05) is 6.07 Å². The summed E-state index contributed by atoms with van der Waals surface area (Å²) >= 11 is 13.1. The minimum absolute atomic E-state index is 0.00802. The second-order valence-corrected chi connectivity index (χ2v) is 10.3. The number of anilines is 1. The number of nitrogens with one attached hydrogen (secondary N) is 1. The molecular weight excluding hydrogens is 534 g/mol. The number of benzene rings is 3. The van der Waals surface area contributed by atoms with Gasteiger partial charge in [0.25, 0.3) is 15.2 Å². The third-order valence-electron chi connectivity index (χ3n) is 4.37. The minimum Gasteiger partial charge on any atom is -0.431 e. The molecule has 1 N–H and O–H groups in total. The molecule has 0 spiro atoms. The fourth-order valence-electron chi connectivity index (χ4n) is 2.91. The number of aromatic nitrogens is 1. The Morgan fingerprint density at radius 3 is 2.50 bits per heavy atom. The molecule has 174 valence electrons. The molecule has 4 rings (SSSR count). The Balaban J connectivity index is 1.60. The van der Waals surface area contributed by atoms with Crippen molar-refractivity contribution in [3.05, 3.63) is 75.8 Å². The summed E-state index contributed by atoms with van der Waals surface area (Å²) in [5.41, 5.74) is -0.0939. The van der Waals surface area contributed by atoms with E-state index in [0.29, 0.717) is 23.2 Å². The van der Waals surface area contributed by atoms with Gasteiger partial charge >= 0.3 is 6.18 Å². The summed E-state index contributed by atoms with van der Waals surface area (Å²) in [5, 5.41) is 8.77. The highest BCUT2D eigenvalue weighted by molar-refractivity contribution is 7.92. The van der Waals surface area contributed by atoms with E-state index in [2.05, 4.69) is 9.71 Å². The average molecular weight is 544 g/mol. The third-order valence-corrected chi connectivity index (χ3v) is 7.37. The zero-order valence-electron chi connectivity index (χ0n) is 16.5. The van der Waals surface area contributed by atoms with Crippen molar-refractivity contribution < 1.29 is 26.3 Å². The fraction of sp³-hybridized carbons (Fsp3) is 0.0476. The van der Waals surface area contributed by atoms with Crippen LogP contribution in [0.25, 0.3) is 10.2 Å². The molecular formula is C21H10Cl2F3N3O3S2. The lowest BCUT2D eigenvalue weighted by Gasteiger charge is -2.13. The van der Waals surface area contributed by atoms with Gasteiger partial charge in [-0.05, 0) is 48.5 Å². The Labute approximate surface area is 205 Å². The summed E-state index contributed by atoms with van der Waals surface area (Å²) in [4.78, 5) is 3.75. The van der Waals surface area contributed by atoms with Gasteiger partial charge < -0.3 is 4.74 Å². The fourth-order valence-corrected chi connectivity index (χ4v) is 5.53. The number of ether oxygens (including phenoxy) is 1. The second-order valence-electron chi connectivity index (χ2n) is 6.80. The molecule has 13 heteroatoms. The van der Waals surface area contributed by atoms with Crippen LogP contribution in [0.5, 0.6) is 10.9 Å². The predicted octanol–water partition coefficient (Wildman–Crippen LogP) is 7.09. The lowest BCUT2D eigenvalue weighted by atomic mass is 10.2. The average Bonchev–Trinajstić information content (AvgIpc) is 3.13. The molecule has 0 atom stereocenters. The Bertz CT molecular complexity index is 1570. The largest absolute Gasteiger partial charge is 0.431 e. The van der Waals surface area contributed by atoms with E-state index in [1.54, 1.807) is 18.2 Å². The first-order chi connectivity index (χ1) is 15.9. The van der Waals surface area contributed by atoms with E-state index in [1.165, 1.54) is 29.5 Å². The first-order valence-electron chi connectivity index (χ1n) is 9.13. The molecule has 0 amide bonds. The molecule has 4 aromatic rings. The maximum Gasteiger partial charge on any atom is 0.416 e. The Morgan fingerprint density at radius 2 is 1.82 bits per heavy atom. The molecule has 34 heavy (non-hydrogen) atoms. The van der Waals surface area contributed by atoms with Crippen LogP contribution in [0.3, 0.4) is 0 Å². The van der Waals surface area contributed by atoms with Gasteiger partial charge in [-0.25, -0.2) is 13.4 Å². The summed E-state index contributed by atoms with van der Waals surface area (Å²) in [6.45, 7) is 0. The summed E-state index contributed by atoms with van der Waals surface area (Å²) < 4.78 is 72.7. The third kappa shape index (κ3) is 5.20. The maximum atomic E-state index is 12.8. The maximum absolute atomic E-state index is 12.8. The number of sulfonamides is 1. The van der Waals surface area contributed by atoms with Gasteiger partial charge in [-0.1, -0.05) is 34.5 Å². The number of hydrogen-bond acceptors (Lipinski definition) is 6. The SMILES string of the molecule is N#Cc1ccc2sc(Oc3cc(Cl)cc(NS(=O)(=O)c4ccc(C(F)(F)F)cc4Cl)c3)nc2c1. The molecule has 1 aromatic heterocycles. The molecule has 0 fully saturated rings. The molecule has 0 unspecified atom stereocenters. The number of nitriles is 1. The van der Waals surface area contributed by atoms with Crippen LogP contribution >= 0.6 is 34.5 Å². The van der Waals surface area contributed by atoms with Crippen molar-refractivity contribution in [1.82, 2.24) is 4.98 Å². The second kappa shape index (κ2) is 8.96. The van der Waals surface area contributed by atoms with E-state index in [9.17, 15) is 21.6 Å². The van der Waals surface area contributed by atoms with Crippen molar-refractivity contribution in [2.75, 3.05) is 4.72 Å². The number of alkyl halides is 3. The topological polar surface area (TPSA) is 92.1 Å². The summed E-state index contributed by atoms with van der Waals surface area (Å²) in [5.74, 6) is 0.156. The standard InChI is InChI=1S/C21H10Cl2F3N3O3S2/c22-13-7-14(29-34(30,31)19-4-2-12(6-16(19)23)21(24,25)26)9-15(8-13)32-20-28-17-5-11(10-27)1-3-18(17)33-20/h1-9,29H. The smallest absolute Gasteiger partial charge is 0.416 e. The summed E-state index contributed by atoms with van der Waals surface area (Å²) in [6, 6.07) is 13.0. The highest BCUT2D eigenvalue weighted by atomic mass is 35.5. The van der Waals surface area contributed by atoms with Crippen LogP contribution in [0.15, 0.2) is 59.5 Å². The highest BCUT2D eigenvalue weighted by Gasteiger charge is 2.32. The van der Waals surface area contributed by atoms with E-state index >= 15 is 0 Å². The molecule has 0 saturated carbocycles. The number of rotatable bonds is 5. The van der Waals surface area contributed by atoms with E-state index in [4.69, 9.17) is 33.2 Å². The predicted molar refractivity (Wildman–Crippen MR) is 123 cm³/mol. The Morgan fingerprint density at radius 1 is 1.06 bits per heavy atom. The van der Waals surface area contributed by atoms with E-state index < -0.39 is 31.7 Å². The number of hydrogen-bond donors (Lipinski definition) is 1. The van der Waals surface area contributed by atoms with E-state index in [0.717, 1.165) is 10.8 Å². The van der Waals surface area contributed by atoms with Crippen molar-refractivity contribution in [3.8, 4) is 17.0 Å². The van der Waals surface area contributed by atoms with Crippen LogP contribution in [-0.2, 0) is 16.2 Å². The lowest BCUT2D eigenvalue weighted by molar-refractivity contribution is -0.137. The number of fused-ring (bicyclic) bond motifs is 1. The Kier molecular flexibility index (Phi) is 6.35. The zero-order chi connectivity index (χ0) is 24.7. The van der Waals surface area contributed by atoms with Gasteiger partial charge in [-0.2, -0.15) is 18.4 Å². The van der Waals surface area contributed by atoms with Crippen LogP contribution in [0.1, 0.15) is 11.1 Å². The molecule has 3 aromatic carbocycles.